The minimum Gasteiger partial charge on any atom is -0.491 e. The van der Waals surface area contributed by atoms with Crippen LogP contribution in [-0.4, -0.2) is 49.1 Å². The number of fused-ring (bicyclic) bond motifs is 1. The molecule has 6 heteroatoms. The van der Waals surface area contributed by atoms with E-state index >= 15 is 0 Å². The number of ether oxygens (including phenoxy) is 3. The van der Waals surface area contributed by atoms with Crippen molar-refractivity contribution in [2.45, 2.75) is 18.6 Å². The topological polar surface area (TPSA) is 72.8 Å². The number of rotatable bonds is 12. The molecule has 2 atom stereocenters. The van der Waals surface area contributed by atoms with Crippen molar-refractivity contribution < 1.29 is 19.3 Å². The first kappa shape index (κ1) is 23.7. The number of aliphatic hydroxyl groups is 1. The third-order valence-electron chi connectivity index (χ3n) is 5.49. The van der Waals surface area contributed by atoms with E-state index < -0.39 is 6.10 Å². The third kappa shape index (κ3) is 6.78. The van der Waals surface area contributed by atoms with E-state index in [-0.39, 0.29) is 12.7 Å². The zero-order valence-corrected chi connectivity index (χ0v) is 19.3. The van der Waals surface area contributed by atoms with E-state index in [9.17, 15) is 5.11 Å². The lowest BCUT2D eigenvalue weighted by Crippen LogP contribution is -2.37. The Kier molecular flexibility index (Phi) is 8.46. The predicted molar refractivity (Wildman–Crippen MR) is 134 cm³/mol. The van der Waals surface area contributed by atoms with Crippen LogP contribution < -0.4 is 14.8 Å². The van der Waals surface area contributed by atoms with Gasteiger partial charge in [0, 0.05) is 31.8 Å². The Morgan fingerprint density at radius 2 is 1.62 bits per heavy atom. The summed E-state index contributed by atoms with van der Waals surface area (Å²) in [6.07, 6.45) is 1.89. The highest BCUT2D eigenvalue weighted by molar-refractivity contribution is 5.84. The number of hydrogen-bond donors (Lipinski definition) is 2. The second kappa shape index (κ2) is 12.1. The fraction of sp³-hybridized carbons (Fsp3) is 0.250. The molecule has 1 unspecified atom stereocenters. The van der Waals surface area contributed by atoms with Crippen LogP contribution in [0.2, 0.25) is 0 Å². The molecule has 0 saturated carbocycles. The van der Waals surface area contributed by atoms with E-state index in [1.165, 1.54) is 0 Å². The van der Waals surface area contributed by atoms with E-state index in [1.807, 2.05) is 84.9 Å². The molecule has 0 fully saturated rings. The Balaban J connectivity index is 1.24. The molecular formula is C28H30N2O4. The largest absolute Gasteiger partial charge is 0.491 e. The summed E-state index contributed by atoms with van der Waals surface area (Å²) in [5.74, 6) is 2.31. The van der Waals surface area contributed by atoms with Crippen molar-refractivity contribution in [3.05, 3.63) is 96.7 Å². The van der Waals surface area contributed by atoms with Crippen LogP contribution in [0.25, 0.3) is 10.9 Å². The van der Waals surface area contributed by atoms with Crippen molar-refractivity contribution in [3.63, 3.8) is 0 Å². The summed E-state index contributed by atoms with van der Waals surface area (Å²) >= 11 is 0. The maximum absolute atomic E-state index is 10.2. The Bertz CT molecular complexity index is 1150. The molecule has 2 N–H and O–H groups in total. The Morgan fingerprint density at radius 1 is 0.853 bits per heavy atom. The summed E-state index contributed by atoms with van der Waals surface area (Å²) < 4.78 is 17.3. The molecule has 0 radical (unpaired) electrons. The van der Waals surface area contributed by atoms with Crippen molar-refractivity contribution in [3.8, 4) is 17.2 Å². The van der Waals surface area contributed by atoms with Crippen molar-refractivity contribution in [2.75, 3.05) is 26.8 Å². The molecule has 0 saturated heterocycles. The van der Waals surface area contributed by atoms with Crippen LogP contribution in [0.1, 0.15) is 5.56 Å². The number of pyridine rings is 1. The minimum absolute atomic E-state index is 0.0156. The Labute approximate surface area is 200 Å². The maximum Gasteiger partial charge on any atom is 0.138 e. The zero-order valence-electron chi connectivity index (χ0n) is 19.3. The van der Waals surface area contributed by atoms with Gasteiger partial charge >= 0.3 is 0 Å². The number of benzene rings is 3. The molecule has 0 spiro atoms. The molecule has 4 rings (SSSR count). The molecule has 0 aliphatic carbocycles. The molecule has 0 amide bonds. The second-order valence-corrected chi connectivity index (χ2v) is 8.07. The number of nitrogens with zero attached hydrogens (tertiary/aromatic N) is 1. The molecular weight excluding hydrogens is 428 g/mol. The van der Waals surface area contributed by atoms with Gasteiger partial charge in [-0.25, -0.2) is 0 Å². The van der Waals surface area contributed by atoms with Gasteiger partial charge in [0.05, 0.1) is 11.6 Å². The molecule has 1 aromatic heterocycles. The number of aromatic nitrogens is 1. The summed E-state index contributed by atoms with van der Waals surface area (Å²) in [6.45, 7) is 1.29. The zero-order chi connectivity index (χ0) is 23.6. The smallest absolute Gasteiger partial charge is 0.138 e. The van der Waals surface area contributed by atoms with Crippen molar-refractivity contribution >= 4 is 10.9 Å². The molecule has 1 heterocycles. The van der Waals surface area contributed by atoms with E-state index in [0.717, 1.165) is 40.1 Å². The van der Waals surface area contributed by atoms with Crippen LogP contribution in [0, 0.1) is 0 Å². The maximum atomic E-state index is 10.2. The van der Waals surface area contributed by atoms with Gasteiger partial charge in [0.25, 0.3) is 0 Å². The first-order chi connectivity index (χ1) is 16.7. The van der Waals surface area contributed by atoms with Gasteiger partial charge in [0.1, 0.15) is 30.0 Å². The SMILES string of the molecule is COC(CNC[C@H](O)COc1ccccc1)Cc1ccc(Oc2ccnc3ccccc23)cc1. The Hall–Kier alpha value is -3.45. The van der Waals surface area contributed by atoms with Crippen molar-refractivity contribution in [1.29, 1.82) is 0 Å². The summed E-state index contributed by atoms with van der Waals surface area (Å²) in [5, 5.41) is 14.4. The average molecular weight is 459 g/mol. The lowest BCUT2D eigenvalue weighted by Gasteiger charge is -2.18. The average Bonchev–Trinajstić information content (AvgIpc) is 2.89. The van der Waals surface area contributed by atoms with Gasteiger partial charge in [-0.2, -0.15) is 0 Å². The first-order valence-corrected chi connectivity index (χ1v) is 11.4. The number of aliphatic hydroxyl groups excluding tert-OH is 1. The highest BCUT2D eigenvalue weighted by Gasteiger charge is 2.11. The van der Waals surface area contributed by atoms with Gasteiger partial charge in [-0.05, 0) is 54.4 Å². The fourth-order valence-corrected chi connectivity index (χ4v) is 3.66. The van der Waals surface area contributed by atoms with E-state index in [0.29, 0.717) is 13.1 Å². The highest BCUT2D eigenvalue weighted by atomic mass is 16.5. The molecule has 176 valence electrons. The van der Waals surface area contributed by atoms with Gasteiger partial charge in [-0.15, -0.1) is 0 Å². The van der Waals surface area contributed by atoms with Crippen LogP contribution in [-0.2, 0) is 11.2 Å². The summed E-state index contributed by atoms with van der Waals surface area (Å²) in [7, 11) is 1.70. The van der Waals surface area contributed by atoms with Crippen LogP contribution >= 0.6 is 0 Å². The van der Waals surface area contributed by atoms with Gasteiger partial charge < -0.3 is 24.6 Å². The van der Waals surface area contributed by atoms with Crippen LogP contribution in [0.4, 0.5) is 0 Å². The van der Waals surface area contributed by atoms with E-state index in [4.69, 9.17) is 14.2 Å². The number of para-hydroxylation sites is 2. The summed E-state index contributed by atoms with van der Waals surface area (Å²) in [5.41, 5.74) is 2.05. The lowest BCUT2D eigenvalue weighted by atomic mass is 10.1. The van der Waals surface area contributed by atoms with Crippen LogP contribution in [0.5, 0.6) is 17.2 Å². The molecule has 6 nitrogen and oxygen atoms in total. The highest BCUT2D eigenvalue weighted by Crippen LogP contribution is 2.28. The van der Waals surface area contributed by atoms with Gasteiger partial charge in [-0.1, -0.05) is 42.5 Å². The summed E-state index contributed by atoms with van der Waals surface area (Å²) in [4.78, 5) is 4.38. The van der Waals surface area contributed by atoms with Crippen molar-refractivity contribution in [1.82, 2.24) is 10.3 Å². The third-order valence-corrected chi connectivity index (χ3v) is 5.49. The number of nitrogens with one attached hydrogen (secondary N) is 1. The van der Waals surface area contributed by atoms with Gasteiger partial charge in [-0.3, -0.25) is 4.98 Å². The van der Waals surface area contributed by atoms with Crippen LogP contribution in [0.15, 0.2) is 91.1 Å². The predicted octanol–water partition coefficient (Wildman–Crippen LogP) is 4.61. The molecule has 4 aromatic rings. The lowest BCUT2D eigenvalue weighted by molar-refractivity contribution is 0.0834. The molecule has 3 aromatic carbocycles. The van der Waals surface area contributed by atoms with Crippen LogP contribution in [0.3, 0.4) is 0 Å². The monoisotopic (exact) mass is 458 g/mol. The summed E-state index contributed by atoms with van der Waals surface area (Å²) in [6, 6.07) is 27.3. The fourth-order valence-electron chi connectivity index (χ4n) is 3.66. The molecule has 0 bridgehead atoms. The minimum atomic E-state index is -0.599. The molecule has 0 aliphatic rings. The Morgan fingerprint density at radius 3 is 2.41 bits per heavy atom. The molecule has 34 heavy (non-hydrogen) atoms. The number of methoxy groups -OCH3 is 1. The second-order valence-electron chi connectivity index (χ2n) is 8.07. The quantitative estimate of drug-likeness (QED) is 0.323. The standard InChI is InChI=1S/C28H30N2O4/c1-32-25(19-29-18-22(31)20-33-23-7-3-2-4-8-23)17-21-11-13-24(14-12-21)34-28-15-16-30-27-10-6-5-9-26(27)28/h2-16,22,25,29,31H,17-20H2,1H3/t22-,25?/m0/s1. The normalized spacial score (nSPS) is 12.9. The first-order valence-electron chi connectivity index (χ1n) is 11.4. The number of hydrogen-bond acceptors (Lipinski definition) is 6. The molecule has 0 aliphatic heterocycles. The van der Waals surface area contributed by atoms with E-state index in [2.05, 4.69) is 10.3 Å². The van der Waals surface area contributed by atoms with Gasteiger partial charge in [0.2, 0.25) is 0 Å². The van der Waals surface area contributed by atoms with Gasteiger partial charge in [0.15, 0.2) is 0 Å². The van der Waals surface area contributed by atoms with E-state index in [1.54, 1.807) is 13.3 Å². The van der Waals surface area contributed by atoms with Crippen molar-refractivity contribution in [2.24, 2.45) is 0 Å².